The van der Waals surface area contributed by atoms with Gasteiger partial charge in [0.15, 0.2) is 17.0 Å². The van der Waals surface area contributed by atoms with Gasteiger partial charge in [0.05, 0.1) is 19.0 Å². The molecule has 2 heterocycles. The lowest BCUT2D eigenvalue weighted by molar-refractivity contribution is 0.271. The highest BCUT2D eigenvalue weighted by Crippen LogP contribution is 2.33. The third-order valence-electron chi connectivity index (χ3n) is 6.76. The van der Waals surface area contributed by atoms with E-state index in [4.69, 9.17) is 9.97 Å². The molecule has 1 saturated carbocycles. The topological polar surface area (TPSA) is 87.9 Å². The zero-order chi connectivity index (χ0) is 24.2. The predicted molar refractivity (Wildman–Crippen MR) is 137 cm³/mol. The van der Waals surface area contributed by atoms with Crippen molar-refractivity contribution in [1.82, 2.24) is 19.5 Å². The van der Waals surface area contributed by atoms with E-state index in [0.717, 1.165) is 47.1 Å². The van der Waals surface area contributed by atoms with Crippen LogP contribution in [-0.2, 0) is 6.54 Å². The molecule has 7 nitrogen and oxygen atoms in total. The van der Waals surface area contributed by atoms with Gasteiger partial charge in [0.1, 0.15) is 5.82 Å². The molecular weight excluding hydrogens is 443 g/mol. The van der Waals surface area contributed by atoms with Crippen LogP contribution in [0.5, 0.6) is 0 Å². The van der Waals surface area contributed by atoms with Crippen LogP contribution in [0.4, 0.5) is 16.2 Å². The molecular formula is C27H31FN6O. The maximum atomic E-state index is 13.6. The molecule has 1 fully saturated rings. The number of imidazole rings is 1. The first kappa shape index (κ1) is 23.2. The summed E-state index contributed by atoms with van der Waals surface area (Å²) in [5, 5.41) is 16.4. The summed E-state index contributed by atoms with van der Waals surface area (Å²) in [5.41, 5.74) is 4.45. The second kappa shape index (κ2) is 10.4. The van der Waals surface area contributed by atoms with Crippen molar-refractivity contribution >= 4 is 22.9 Å². The van der Waals surface area contributed by atoms with Crippen molar-refractivity contribution in [2.45, 2.75) is 57.7 Å². The zero-order valence-corrected chi connectivity index (χ0v) is 19.9. The summed E-state index contributed by atoms with van der Waals surface area (Å²) in [5.74, 6) is 0.910. The number of hydrogen-bond donors (Lipinski definition) is 3. The Morgan fingerprint density at radius 3 is 2.60 bits per heavy atom. The van der Waals surface area contributed by atoms with E-state index in [2.05, 4.69) is 20.2 Å². The average Bonchev–Trinajstić information content (AvgIpc) is 3.56. The highest BCUT2D eigenvalue weighted by atomic mass is 19.1. The summed E-state index contributed by atoms with van der Waals surface area (Å²) >= 11 is 0. The predicted octanol–water partition coefficient (Wildman–Crippen LogP) is 5.54. The number of aromatic nitrogens is 4. The fourth-order valence-electron chi connectivity index (χ4n) is 4.68. The van der Waals surface area contributed by atoms with E-state index < -0.39 is 0 Å². The SMILES string of the molecule is CCC(CO)Nc1nc(NCc2ccc(-c3cccc(F)c3)cc2)c2ncn(C3CCCC3)c2n1. The molecule has 1 aliphatic carbocycles. The number of nitrogens with zero attached hydrogens (tertiary/aromatic N) is 4. The van der Waals surface area contributed by atoms with E-state index in [-0.39, 0.29) is 18.5 Å². The number of hydrogen-bond acceptors (Lipinski definition) is 6. The summed E-state index contributed by atoms with van der Waals surface area (Å²) in [6.45, 7) is 2.59. The number of halogens is 1. The molecule has 35 heavy (non-hydrogen) atoms. The number of rotatable bonds is 9. The number of fused-ring (bicyclic) bond motifs is 1. The summed E-state index contributed by atoms with van der Waals surface area (Å²) in [4.78, 5) is 14.1. The van der Waals surface area contributed by atoms with Gasteiger partial charge in [0.25, 0.3) is 0 Å². The third-order valence-corrected chi connectivity index (χ3v) is 6.76. The Labute approximate surface area is 204 Å². The number of benzene rings is 2. The van der Waals surface area contributed by atoms with E-state index in [0.29, 0.717) is 24.4 Å². The lowest BCUT2D eigenvalue weighted by Gasteiger charge is -2.17. The van der Waals surface area contributed by atoms with Crippen molar-refractivity contribution in [2.24, 2.45) is 0 Å². The van der Waals surface area contributed by atoms with Crippen LogP contribution in [0.1, 0.15) is 50.6 Å². The smallest absolute Gasteiger partial charge is 0.227 e. The number of anilines is 2. The van der Waals surface area contributed by atoms with Crippen LogP contribution in [-0.4, -0.2) is 37.3 Å². The van der Waals surface area contributed by atoms with Crippen LogP contribution in [0.25, 0.3) is 22.3 Å². The van der Waals surface area contributed by atoms with E-state index in [1.807, 2.05) is 43.6 Å². The normalized spacial score (nSPS) is 14.9. The van der Waals surface area contributed by atoms with Gasteiger partial charge in [-0.25, -0.2) is 9.37 Å². The van der Waals surface area contributed by atoms with Gasteiger partial charge in [-0.2, -0.15) is 9.97 Å². The summed E-state index contributed by atoms with van der Waals surface area (Å²) < 4.78 is 15.8. The van der Waals surface area contributed by atoms with E-state index in [1.54, 1.807) is 6.07 Å². The molecule has 2 aromatic heterocycles. The molecule has 1 atom stereocenters. The van der Waals surface area contributed by atoms with Crippen LogP contribution in [0.3, 0.4) is 0 Å². The van der Waals surface area contributed by atoms with Crippen molar-refractivity contribution in [3.63, 3.8) is 0 Å². The number of aliphatic hydroxyl groups is 1. The van der Waals surface area contributed by atoms with Gasteiger partial charge in [-0.3, -0.25) is 0 Å². The van der Waals surface area contributed by atoms with Crippen molar-refractivity contribution < 1.29 is 9.50 Å². The molecule has 0 amide bonds. The van der Waals surface area contributed by atoms with Crippen molar-refractivity contribution in [3.05, 3.63) is 66.2 Å². The Morgan fingerprint density at radius 1 is 1.09 bits per heavy atom. The van der Waals surface area contributed by atoms with Gasteiger partial charge in [-0.15, -0.1) is 0 Å². The third kappa shape index (κ3) is 5.12. The summed E-state index contributed by atoms with van der Waals surface area (Å²) in [6, 6.07) is 15.0. The molecule has 0 radical (unpaired) electrons. The molecule has 1 aliphatic rings. The minimum Gasteiger partial charge on any atom is -0.394 e. The first-order chi connectivity index (χ1) is 17.1. The van der Waals surface area contributed by atoms with Gasteiger partial charge in [0, 0.05) is 12.6 Å². The van der Waals surface area contributed by atoms with Crippen molar-refractivity contribution in [1.29, 1.82) is 0 Å². The first-order valence-corrected chi connectivity index (χ1v) is 12.4. The Bertz CT molecular complexity index is 1280. The summed E-state index contributed by atoms with van der Waals surface area (Å²) in [6.07, 6.45) is 7.35. The minimum atomic E-state index is -0.242. The second-order valence-electron chi connectivity index (χ2n) is 9.15. The van der Waals surface area contributed by atoms with E-state index >= 15 is 0 Å². The molecule has 182 valence electrons. The largest absolute Gasteiger partial charge is 0.394 e. The van der Waals surface area contributed by atoms with Gasteiger partial charge in [-0.05, 0) is 48.1 Å². The average molecular weight is 475 g/mol. The van der Waals surface area contributed by atoms with E-state index in [9.17, 15) is 9.50 Å². The number of aliphatic hydroxyl groups excluding tert-OH is 1. The van der Waals surface area contributed by atoms with Crippen LogP contribution in [0.2, 0.25) is 0 Å². The van der Waals surface area contributed by atoms with Gasteiger partial charge in [-0.1, -0.05) is 56.2 Å². The Kier molecular flexibility index (Phi) is 6.90. The van der Waals surface area contributed by atoms with Crippen molar-refractivity contribution in [2.75, 3.05) is 17.2 Å². The molecule has 5 rings (SSSR count). The maximum absolute atomic E-state index is 13.6. The molecule has 0 spiro atoms. The molecule has 0 aliphatic heterocycles. The maximum Gasteiger partial charge on any atom is 0.227 e. The fourth-order valence-corrected chi connectivity index (χ4v) is 4.68. The van der Waals surface area contributed by atoms with Gasteiger partial charge in [0.2, 0.25) is 5.95 Å². The monoisotopic (exact) mass is 474 g/mol. The lowest BCUT2D eigenvalue weighted by Crippen LogP contribution is -2.24. The van der Waals surface area contributed by atoms with Gasteiger partial charge < -0.3 is 20.3 Å². The standard InChI is InChI=1S/C27H31FN6O/c1-2-22(16-35)31-27-32-25(24-26(33-27)34(17-30-24)23-8-3-4-9-23)29-15-18-10-12-19(13-11-18)20-6-5-7-21(28)14-20/h5-7,10-14,17,22-23,35H,2-4,8-9,15-16H2,1H3,(H2,29,31,32,33). The molecule has 3 N–H and O–H groups in total. The second-order valence-corrected chi connectivity index (χ2v) is 9.15. The Morgan fingerprint density at radius 2 is 1.89 bits per heavy atom. The highest BCUT2D eigenvalue weighted by molar-refractivity contribution is 5.84. The zero-order valence-electron chi connectivity index (χ0n) is 19.9. The lowest BCUT2D eigenvalue weighted by atomic mass is 10.0. The van der Waals surface area contributed by atoms with E-state index in [1.165, 1.54) is 25.0 Å². The molecule has 1 unspecified atom stereocenters. The Balaban J connectivity index is 1.40. The molecule has 2 aromatic carbocycles. The quantitative estimate of drug-likeness (QED) is 0.295. The summed E-state index contributed by atoms with van der Waals surface area (Å²) in [7, 11) is 0. The molecule has 0 saturated heterocycles. The highest BCUT2D eigenvalue weighted by Gasteiger charge is 2.22. The minimum absolute atomic E-state index is 0.0141. The fraction of sp³-hybridized carbons (Fsp3) is 0.370. The van der Waals surface area contributed by atoms with Crippen LogP contribution in [0.15, 0.2) is 54.9 Å². The molecule has 4 aromatic rings. The van der Waals surface area contributed by atoms with Crippen LogP contribution < -0.4 is 10.6 Å². The molecule has 8 heteroatoms. The van der Waals surface area contributed by atoms with Crippen molar-refractivity contribution in [3.8, 4) is 11.1 Å². The molecule has 0 bridgehead atoms. The first-order valence-electron chi connectivity index (χ1n) is 12.4. The Hall–Kier alpha value is -3.52. The van der Waals surface area contributed by atoms with Gasteiger partial charge >= 0.3 is 0 Å². The van der Waals surface area contributed by atoms with Crippen LogP contribution >= 0.6 is 0 Å². The van der Waals surface area contributed by atoms with Crippen LogP contribution in [0, 0.1) is 5.82 Å². The number of nitrogens with one attached hydrogen (secondary N) is 2.